The van der Waals surface area contributed by atoms with Crippen molar-refractivity contribution in [1.82, 2.24) is 10.2 Å². The predicted molar refractivity (Wildman–Crippen MR) is 136 cm³/mol. The number of carbonyl (C=O) groups is 1. The molecule has 2 aromatic carbocycles. The first kappa shape index (κ1) is 29.4. The van der Waals surface area contributed by atoms with Crippen LogP contribution < -0.4 is 5.32 Å². The van der Waals surface area contributed by atoms with Crippen molar-refractivity contribution < 1.29 is 40.6 Å². The van der Waals surface area contributed by atoms with Crippen molar-refractivity contribution in [3.05, 3.63) is 54.1 Å². The summed E-state index contributed by atoms with van der Waals surface area (Å²) >= 11 is 0. The molecule has 2 aliphatic heterocycles. The number of nitrogens with one attached hydrogen (secondary N) is 1. The van der Waals surface area contributed by atoms with Crippen LogP contribution in [-0.2, 0) is 19.4 Å². The molecule has 12 heteroatoms. The number of carbonyl (C=O) groups excluding carboxylic acids is 1. The lowest BCUT2D eigenvalue weighted by molar-refractivity contribution is -0.163. The molecule has 2 aromatic rings. The van der Waals surface area contributed by atoms with Crippen LogP contribution >= 0.6 is 0 Å². The Kier molecular flexibility index (Phi) is 8.42. The van der Waals surface area contributed by atoms with Crippen LogP contribution in [0.15, 0.2) is 53.4 Å². The summed E-state index contributed by atoms with van der Waals surface area (Å²) in [7, 11) is -3.44. The Hall–Kier alpha value is -2.54. The number of rotatable bonds is 8. The molecule has 2 fully saturated rings. The molecule has 0 aliphatic carbocycles. The molecule has 0 aromatic heterocycles. The van der Waals surface area contributed by atoms with Crippen molar-refractivity contribution in [1.29, 1.82) is 0 Å². The third kappa shape index (κ3) is 6.45. The van der Waals surface area contributed by atoms with E-state index in [1.165, 1.54) is 42.5 Å². The second-order valence-corrected chi connectivity index (χ2v) is 12.6. The average molecular weight is 573 g/mol. The fourth-order valence-corrected chi connectivity index (χ4v) is 5.90. The summed E-state index contributed by atoms with van der Waals surface area (Å²) in [5.74, 6) is -0.880. The Labute approximate surface area is 225 Å². The smallest absolute Gasteiger partial charge is 0.388 e. The molecule has 7 nitrogen and oxygen atoms in total. The molecular weight excluding hydrogens is 540 g/mol. The van der Waals surface area contributed by atoms with Crippen LogP contribution in [0.25, 0.3) is 11.1 Å². The first-order chi connectivity index (χ1) is 18.2. The van der Waals surface area contributed by atoms with E-state index in [0.717, 1.165) is 11.2 Å². The molecule has 0 spiro atoms. The number of ether oxygens (including phenoxy) is 1. The number of amides is 1. The van der Waals surface area contributed by atoms with Gasteiger partial charge in [-0.3, -0.25) is 10.1 Å². The predicted octanol–water partition coefficient (Wildman–Crippen LogP) is 3.67. The van der Waals surface area contributed by atoms with E-state index >= 15 is 0 Å². The van der Waals surface area contributed by atoms with E-state index in [1.54, 1.807) is 19.9 Å². The van der Waals surface area contributed by atoms with Crippen molar-refractivity contribution in [3.8, 4) is 11.1 Å². The van der Waals surface area contributed by atoms with Crippen LogP contribution in [0, 0.1) is 5.92 Å². The number of benzene rings is 2. The minimum absolute atomic E-state index is 0.0554. The van der Waals surface area contributed by atoms with Gasteiger partial charge in [0.25, 0.3) is 0 Å². The maximum absolute atomic E-state index is 14.5. The molecule has 2 N–H and O–H groups in total. The van der Waals surface area contributed by atoms with Gasteiger partial charge in [-0.05, 0) is 47.2 Å². The number of alkyl halides is 4. The zero-order valence-corrected chi connectivity index (χ0v) is 22.5. The van der Waals surface area contributed by atoms with Gasteiger partial charge in [0.15, 0.2) is 9.84 Å². The van der Waals surface area contributed by atoms with Crippen LogP contribution in [0.1, 0.15) is 31.9 Å². The van der Waals surface area contributed by atoms with Crippen molar-refractivity contribution in [2.75, 3.05) is 19.4 Å². The number of hydrogen-bond donors (Lipinski definition) is 2. The molecule has 39 heavy (non-hydrogen) atoms. The van der Waals surface area contributed by atoms with Gasteiger partial charge in [0.05, 0.1) is 30.1 Å². The molecule has 0 bridgehead atoms. The summed E-state index contributed by atoms with van der Waals surface area (Å²) in [4.78, 5) is 14.7. The number of hydrogen-bond acceptors (Lipinski definition) is 6. The highest BCUT2D eigenvalue weighted by molar-refractivity contribution is 7.90. The number of sulfone groups is 1. The zero-order valence-electron chi connectivity index (χ0n) is 21.7. The Bertz CT molecular complexity index is 1290. The van der Waals surface area contributed by atoms with Gasteiger partial charge in [-0.2, -0.15) is 13.2 Å². The topological polar surface area (TPSA) is 95.9 Å². The summed E-state index contributed by atoms with van der Waals surface area (Å²) in [6.07, 6.45) is -7.33. The van der Waals surface area contributed by atoms with Crippen molar-refractivity contribution in [3.63, 3.8) is 0 Å². The highest BCUT2D eigenvalue weighted by atomic mass is 32.2. The normalized spacial score (nSPS) is 25.1. The molecule has 214 valence electrons. The van der Waals surface area contributed by atoms with Gasteiger partial charge in [-0.1, -0.05) is 44.2 Å². The molecule has 0 saturated carbocycles. The second kappa shape index (κ2) is 11.1. The van der Waals surface area contributed by atoms with E-state index in [4.69, 9.17) is 4.74 Å². The van der Waals surface area contributed by atoms with E-state index in [9.17, 15) is 35.9 Å². The lowest BCUT2D eigenvalue weighted by Crippen LogP contribution is -2.54. The monoisotopic (exact) mass is 572 g/mol. The van der Waals surface area contributed by atoms with Crippen LogP contribution in [0.3, 0.4) is 0 Å². The van der Waals surface area contributed by atoms with Gasteiger partial charge in [0, 0.05) is 6.26 Å². The zero-order chi connectivity index (χ0) is 28.7. The maximum atomic E-state index is 14.5. The second-order valence-electron chi connectivity index (χ2n) is 10.6. The number of aliphatic hydroxyl groups excluding tert-OH is 1. The lowest BCUT2D eigenvalue weighted by Gasteiger charge is -2.33. The quantitative estimate of drug-likeness (QED) is 0.469. The van der Waals surface area contributed by atoms with Crippen LogP contribution in [0.4, 0.5) is 17.6 Å². The fraction of sp³-hybridized carbons (Fsp3) is 0.519. The minimum atomic E-state index is -4.78. The largest absolute Gasteiger partial charge is 0.407 e. The molecule has 6 atom stereocenters. The summed E-state index contributed by atoms with van der Waals surface area (Å²) in [6.45, 7) is 3.02. The van der Waals surface area contributed by atoms with Gasteiger partial charge in [0.1, 0.15) is 24.4 Å². The number of halogens is 4. The number of nitrogens with zero attached hydrogens (tertiary/aromatic N) is 1. The maximum Gasteiger partial charge on any atom is 0.407 e. The van der Waals surface area contributed by atoms with E-state index in [2.05, 4.69) is 5.32 Å². The Balaban J connectivity index is 1.64. The third-order valence-electron chi connectivity index (χ3n) is 7.10. The van der Waals surface area contributed by atoms with Gasteiger partial charge in [-0.25, -0.2) is 12.8 Å². The van der Waals surface area contributed by atoms with Gasteiger partial charge in [-0.15, -0.1) is 0 Å². The molecule has 1 unspecified atom stereocenters. The van der Waals surface area contributed by atoms with Crippen molar-refractivity contribution >= 4 is 15.7 Å². The molecule has 0 radical (unpaired) electrons. The number of likely N-dealkylation sites (tertiary alicyclic amines) is 1. The first-order valence-corrected chi connectivity index (χ1v) is 14.5. The summed E-state index contributed by atoms with van der Waals surface area (Å²) < 4.78 is 86.6. The highest BCUT2D eigenvalue weighted by Crippen LogP contribution is 2.37. The summed E-state index contributed by atoms with van der Waals surface area (Å²) in [5, 5.41) is 12.8. The van der Waals surface area contributed by atoms with Crippen LogP contribution in [-0.4, -0.2) is 80.4 Å². The van der Waals surface area contributed by atoms with Gasteiger partial charge in [0.2, 0.25) is 5.91 Å². The van der Waals surface area contributed by atoms with E-state index in [0.29, 0.717) is 11.1 Å². The fourth-order valence-electron chi connectivity index (χ4n) is 5.26. The Morgan fingerprint density at radius 2 is 1.82 bits per heavy atom. The average Bonchev–Trinajstić information content (AvgIpc) is 3.40. The Morgan fingerprint density at radius 3 is 2.41 bits per heavy atom. The van der Waals surface area contributed by atoms with Gasteiger partial charge < -0.3 is 14.7 Å². The molecule has 4 rings (SSSR count). The standard InChI is InChI=1S/C27H32F4N2O5S/c1-15(2)11-21(26(35)33-13-20(28)24-23(33)22(34)14-38-24)32-25(27(29,30)31)18-6-4-5-17(12-18)16-7-9-19(10-8-16)39(3,36)37/h4-10,12,15,20-25,32,34H,11,13-14H2,1-3H3/t20-,21?,22-,23+,24+,25-/m0/s1. The molecule has 2 heterocycles. The van der Waals surface area contributed by atoms with Crippen molar-refractivity contribution in [2.24, 2.45) is 5.92 Å². The third-order valence-corrected chi connectivity index (χ3v) is 8.23. The molecular formula is C27H32F4N2O5S. The van der Waals surface area contributed by atoms with E-state index in [-0.39, 0.29) is 35.9 Å². The van der Waals surface area contributed by atoms with E-state index < -0.39 is 58.4 Å². The summed E-state index contributed by atoms with van der Waals surface area (Å²) in [5.41, 5.74) is 0.817. The number of fused-ring (bicyclic) bond motifs is 1. The van der Waals surface area contributed by atoms with E-state index in [1.807, 2.05) is 0 Å². The minimum Gasteiger partial charge on any atom is -0.388 e. The van der Waals surface area contributed by atoms with Gasteiger partial charge >= 0.3 is 6.18 Å². The molecule has 2 saturated heterocycles. The van der Waals surface area contributed by atoms with Crippen molar-refractivity contribution in [2.45, 2.75) is 67.8 Å². The SMILES string of the molecule is CC(C)CC(N[C@@H](c1cccc(-c2ccc(S(C)(=O)=O)cc2)c1)C(F)(F)F)C(=O)N1C[C@H](F)[C@H]2OC[C@H](O)[C@H]21. The Morgan fingerprint density at radius 1 is 1.15 bits per heavy atom. The van der Waals surface area contributed by atoms with Crippen LogP contribution in [0.2, 0.25) is 0 Å². The lowest BCUT2D eigenvalue weighted by atomic mass is 9.96. The molecule has 1 amide bonds. The highest BCUT2D eigenvalue weighted by Gasteiger charge is 2.54. The molecule has 2 aliphatic rings. The number of aliphatic hydroxyl groups is 1. The van der Waals surface area contributed by atoms with Crippen LogP contribution in [0.5, 0.6) is 0 Å². The first-order valence-electron chi connectivity index (χ1n) is 12.6. The summed E-state index contributed by atoms with van der Waals surface area (Å²) in [6, 6.07) is 7.05.